The largest absolute Gasteiger partial charge is 0.394 e. The van der Waals surface area contributed by atoms with E-state index in [9.17, 15) is 5.11 Å². The molecule has 1 aliphatic rings. The van der Waals surface area contributed by atoms with E-state index >= 15 is 0 Å². The van der Waals surface area contributed by atoms with Crippen molar-refractivity contribution in [3.8, 4) is 5.95 Å². The van der Waals surface area contributed by atoms with Crippen LogP contribution in [0.1, 0.15) is 19.3 Å². The van der Waals surface area contributed by atoms with Gasteiger partial charge in [0.05, 0.1) is 12.6 Å². The van der Waals surface area contributed by atoms with Crippen molar-refractivity contribution < 1.29 is 5.11 Å². The first kappa shape index (κ1) is 13.7. The Balaban J connectivity index is 1.99. The SMILES string of the molecule is CNc1nc(N2CCCCC2CO)nc(-n2cncn2)n1. The Morgan fingerprint density at radius 1 is 1.29 bits per heavy atom. The average Bonchev–Trinajstić information content (AvgIpc) is 3.09. The number of aliphatic hydroxyl groups excluding tert-OH is 1. The summed E-state index contributed by atoms with van der Waals surface area (Å²) in [7, 11) is 1.75. The highest BCUT2D eigenvalue weighted by Crippen LogP contribution is 2.22. The summed E-state index contributed by atoms with van der Waals surface area (Å²) in [6.07, 6.45) is 6.09. The molecule has 9 nitrogen and oxygen atoms in total. The predicted octanol–water partition coefficient (Wildman–Crippen LogP) is -0.155. The Labute approximate surface area is 122 Å². The minimum Gasteiger partial charge on any atom is -0.394 e. The number of rotatable bonds is 4. The van der Waals surface area contributed by atoms with Crippen molar-refractivity contribution in [3.05, 3.63) is 12.7 Å². The van der Waals surface area contributed by atoms with Crippen LogP contribution in [0.5, 0.6) is 0 Å². The summed E-state index contributed by atoms with van der Waals surface area (Å²) in [5.41, 5.74) is 0. The minimum absolute atomic E-state index is 0.0504. The molecule has 2 N–H and O–H groups in total. The van der Waals surface area contributed by atoms with Crippen LogP contribution >= 0.6 is 0 Å². The van der Waals surface area contributed by atoms with Crippen LogP contribution in [0.25, 0.3) is 5.95 Å². The van der Waals surface area contributed by atoms with Gasteiger partial charge in [-0.3, -0.25) is 0 Å². The van der Waals surface area contributed by atoms with Crippen molar-refractivity contribution >= 4 is 11.9 Å². The molecule has 0 aromatic carbocycles. The molecule has 0 radical (unpaired) electrons. The van der Waals surface area contributed by atoms with E-state index in [-0.39, 0.29) is 12.6 Å². The van der Waals surface area contributed by atoms with Gasteiger partial charge in [-0.15, -0.1) is 0 Å². The van der Waals surface area contributed by atoms with E-state index in [1.807, 2.05) is 4.90 Å². The zero-order valence-electron chi connectivity index (χ0n) is 11.8. The van der Waals surface area contributed by atoms with E-state index < -0.39 is 0 Å². The summed E-state index contributed by atoms with van der Waals surface area (Å²) in [4.78, 5) is 19.1. The molecular formula is C12H18N8O. The second-order valence-corrected chi connectivity index (χ2v) is 4.87. The van der Waals surface area contributed by atoms with Crippen molar-refractivity contribution in [2.45, 2.75) is 25.3 Å². The molecule has 0 aliphatic carbocycles. The lowest BCUT2D eigenvalue weighted by Gasteiger charge is -2.34. The molecule has 2 aromatic rings. The standard InChI is InChI=1S/C12H18N8O/c1-13-10-16-11(19-5-3-2-4-9(19)6-21)18-12(17-10)20-8-14-7-15-20/h7-9,21H,2-6H2,1H3,(H,13,16,17,18). The number of anilines is 2. The van der Waals surface area contributed by atoms with E-state index in [1.54, 1.807) is 7.05 Å². The van der Waals surface area contributed by atoms with Gasteiger partial charge in [-0.2, -0.15) is 24.7 Å². The summed E-state index contributed by atoms with van der Waals surface area (Å²) in [6, 6.07) is 0.0504. The molecule has 0 amide bonds. The molecule has 0 saturated carbocycles. The molecule has 21 heavy (non-hydrogen) atoms. The maximum atomic E-state index is 9.55. The number of nitrogens with zero attached hydrogens (tertiary/aromatic N) is 7. The first-order chi connectivity index (χ1) is 10.3. The van der Waals surface area contributed by atoms with Crippen molar-refractivity contribution in [1.82, 2.24) is 29.7 Å². The number of hydrogen-bond acceptors (Lipinski definition) is 8. The van der Waals surface area contributed by atoms with Gasteiger partial charge in [0.15, 0.2) is 0 Å². The second kappa shape index (κ2) is 6.00. The summed E-state index contributed by atoms with van der Waals surface area (Å²) < 4.78 is 1.49. The Morgan fingerprint density at radius 3 is 2.86 bits per heavy atom. The molecule has 0 bridgehead atoms. The topological polar surface area (TPSA) is 105 Å². The van der Waals surface area contributed by atoms with Gasteiger partial charge >= 0.3 is 0 Å². The third-order valence-corrected chi connectivity index (χ3v) is 3.55. The first-order valence-corrected chi connectivity index (χ1v) is 6.98. The minimum atomic E-state index is 0.0504. The number of hydrogen-bond donors (Lipinski definition) is 2. The van der Waals surface area contributed by atoms with Crippen molar-refractivity contribution in [2.24, 2.45) is 0 Å². The van der Waals surface area contributed by atoms with Gasteiger partial charge in [-0.05, 0) is 19.3 Å². The van der Waals surface area contributed by atoms with Crippen LogP contribution in [0, 0.1) is 0 Å². The van der Waals surface area contributed by atoms with Crippen molar-refractivity contribution in [1.29, 1.82) is 0 Å². The molecule has 1 aliphatic heterocycles. The highest BCUT2D eigenvalue weighted by atomic mass is 16.3. The summed E-state index contributed by atoms with van der Waals surface area (Å²) >= 11 is 0. The van der Waals surface area contributed by atoms with E-state index in [1.165, 1.54) is 17.3 Å². The average molecular weight is 290 g/mol. The van der Waals surface area contributed by atoms with Crippen LogP contribution in [0.15, 0.2) is 12.7 Å². The maximum Gasteiger partial charge on any atom is 0.258 e. The van der Waals surface area contributed by atoms with E-state index in [2.05, 4.69) is 30.4 Å². The molecule has 1 atom stereocenters. The molecule has 1 unspecified atom stereocenters. The molecule has 1 fully saturated rings. The lowest BCUT2D eigenvalue weighted by atomic mass is 10.0. The van der Waals surface area contributed by atoms with Gasteiger partial charge in [0.1, 0.15) is 12.7 Å². The summed E-state index contributed by atoms with van der Waals surface area (Å²) in [6.45, 7) is 0.925. The molecule has 3 heterocycles. The summed E-state index contributed by atoms with van der Waals surface area (Å²) in [5, 5.41) is 16.5. The van der Waals surface area contributed by atoms with E-state index in [4.69, 9.17) is 0 Å². The third-order valence-electron chi connectivity index (χ3n) is 3.55. The van der Waals surface area contributed by atoms with Crippen LogP contribution in [-0.2, 0) is 0 Å². The van der Waals surface area contributed by atoms with Gasteiger partial charge in [0.25, 0.3) is 5.95 Å². The molecule has 0 spiro atoms. The first-order valence-electron chi connectivity index (χ1n) is 6.98. The third kappa shape index (κ3) is 2.77. The molecule has 112 valence electrons. The molecule has 3 rings (SSSR count). The van der Waals surface area contributed by atoms with Gasteiger partial charge in [-0.25, -0.2) is 4.98 Å². The Hall–Kier alpha value is -2.29. The smallest absolute Gasteiger partial charge is 0.258 e. The van der Waals surface area contributed by atoms with Crippen LogP contribution in [0.2, 0.25) is 0 Å². The van der Waals surface area contributed by atoms with Crippen molar-refractivity contribution in [3.63, 3.8) is 0 Å². The van der Waals surface area contributed by atoms with E-state index in [0.29, 0.717) is 17.8 Å². The normalized spacial score (nSPS) is 18.8. The van der Waals surface area contributed by atoms with E-state index in [0.717, 1.165) is 25.8 Å². The zero-order valence-corrected chi connectivity index (χ0v) is 11.8. The molecule has 9 heteroatoms. The predicted molar refractivity (Wildman–Crippen MR) is 76.4 cm³/mol. The van der Waals surface area contributed by atoms with Crippen LogP contribution in [-0.4, -0.2) is 61.1 Å². The fourth-order valence-corrected chi connectivity index (χ4v) is 2.46. The highest BCUT2D eigenvalue weighted by Gasteiger charge is 2.25. The van der Waals surface area contributed by atoms with Gasteiger partial charge in [0.2, 0.25) is 11.9 Å². The molecule has 1 saturated heterocycles. The van der Waals surface area contributed by atoms with Crippen LogP contribution in [0.3, 0.4) is 0 Å². The highest BCUT2D eigenvalue weighted by molar-refractivity contribution is 5.41. The Kier molecular flexibility index (Phi) is 3.91. The Morgan fingerprint density at radius 2 is 2.14 bits per heavy atom. The van der Waals surface area contributed by atoms with Gasteiger partial charge in [0, 0.05) is 13.6 Å². The lowest BCUT2D eigenvalue weighted by molar-refractivity contribution is 0.238. The number of piperidine rings is 1. The molecule has 2 aromatic heterocycles. The second-order valence-electron chi connectivity index (χ2n) is 4.87. The van der Waals surface area contributed by atoms with Crippen LogP contribution < -0.4 is 10.2 Å². The monoisotopic (exact) mass is 290 g/mol. The number of aromatic nitrogens is 6. The Bertz CT molecular complexity index is 587. The number of aliphatic hydroxyl groups is 1. The lowest BCUT2D eigenvalue weighted by Crippen LogP contribution is -2.43. The van der Waals surface area contributed by atoms with Gasteiger partial charge in [-0.1, -0.05) is 0 Å². The fourth-order valence-electron chi connectivity index (χ4n) is 2.46. The quantitative estimate of drug-likeness (QED) is 0.800. The molecular weight excluding hydrogens is 272 g/mol. The van der Waals surface area contributed by atoms with Gasteiger partial charge < -0.3 is 15.3 Å². The zero-order chi connectivity index (χ0) is 14.7. The summed E-state index contributed by atoms with van der Waals surface area (Å²) in [5.74, 6) is 1.43. The van der Waals surface area contributed by atoms with Crippen LogP contribution in [0.4, 0.5) is 11.9 Å². The number of nitrogens with one attached hydrogen (secondary N) is 1. The maximum absolute atomic E-state index is 9.55. The fraction of sp³-hybridized carbons (Fsp3) is 0.583. The van der Waals surface area contributed by atoms with Crippen molar-refractivity contribution in [2.75, 3.05) is 30.4 Å².